The molecule has 1 unspecified atom stereocenters. The Bertz CT molecular complexity index is 881. The van der Waals surface area contributed by atoms with Crippen molar-refractivity contribution >= 4 is 17.5 Å². The Hall–Kier alpha value is -3.35. The quantitative estimate of drug-likeness (QED) is 0.727. The number of nitrogens with one attached hydrogen (secondary N) is 2. The Morgan fingerprint density at radius 3 is 2.19 bits per heavy atom. The van der Waals surface area contributed by atoms with Crippen LogP contribution >= 0.6 is 0 Å². The molecule has 1 amide bonds. The van der Waals surface area contributed by atoms with E-state index in [0.29, 0.717) is 0 Å². The standard InChI is InChI=1S/C19H16F2N4O/c1-12(13-6-3-2-4-7-13)24-18(26)14-10-22-19(23-11-14)25-17-15(20)8-5-9-16(17)21/h2-12H,1H3,(H,24,26)(H,22,23,25). The summed E-state index contributed by atoms with van der Waals surface area (Å²) in [4.78, 5) is 20.2. The lowest BCUT2D eigenvalue weighted by Gasteiger charge is -2.14. The van der Waals surface area contributed by atoms with Gasteiger partial charge in [-0.3, -0.25) is 4.79 Å². The minimum absolute atomic E-state index is 0.0124. The van der Waals surface area contributed by atoms with Gasteiger partial charge in [0.2, 0.25) is 5.95 Å². The van der Waals surface area contributed by atoms with Crippen molar-refractivity contribution in [2.24, 2.45) is 0 Å². The molecular weight excluding hydrogens is 338 g/mol. The predicted molar refractivity (Wildman–Crippen MR) is 94.0 cm³/mol. The molecule has 0 saturated heterocycles. The number of carbonyl (C=O) groups is 1. The van der Waals surface area contributed by atoms with Crippen LogP contribution in [0.5, 0.6) is 0 Å². The van der Waals surface area contributed by atoms with E-state index in [4.69, 9.17) is 0 Å². The second-order valence-electron chi connectivity index (χ2n) is 5.62. The molecule has 0 bridgehead atoms. The average Bonchev–Trinajstić information content (AvgIpc) is 2.66. The van der Waals surface area contributed by atoms with Crippen LogP contribution in [0.2, 0.25) is 0 Å². The van der Waals surface area contributed by atoms with Crippen LogP contribution in [-0.4, -0.2) is 15.9 Å². The molecule has 5 nitrogen and oxygen atoms in total. The number of aromatic nitrogens is 2. The van der Waals surface area contributed by atoms with Crippen LogP contribution in [0.25, 0.3) is 0 Å². The number of halogens is 2. The first kappa shape index (κ1) is 17.5. The molecule has 132 valence electrons. The van der Waals surface area contributed by atoms with E-state index in [9.17, 15) is 13.6 Å². The predicted octanol–water partition coefficient (Wildman–Crippen LogP) is 3.99. The summed E-state index contributed by atoms with van der Waals surface area (Å²) in [7, 11) is 0. The van der Waals surface area contributed by atoms with E-state index in [1.807, 2.05) is 37.3 Å². The van der Waals surface area contributed by atoms with Crippen LogP contribution in [-0.2, 0) is 0 Å². The molecule has 26 heavy (non-hydrogen) atoms. The van der Waals surface area contributed by atoms with Crippen molar-refractivity contribution in [3.63, 3.8) is 0 Å². The van der Waals surface area contributed by atoms with Crippen molar-refractivity contribution in [2.45, 2.75) is 13.0 Å². The number of benzene rings is 2. The maximum Gasteiger partial charge on any atom is 0.254 e. The molecule has 1 aromatic heterocycles. The van der Waals surface area contributed by atoms with Crippen LogP contribution < -0.4 is 10.6 Å². The number of hydrogen-bond acceptors (Lipinski definition) is 4. The molecule has 0 aliphatic carbocycles. The second-order valence-corrected chi connectivity index (χ2v) is 5.62. The maximum atomic E-state index is 13.6. The minimum atomic E-state index is -0.757. The Kier molecular flexibility index (Phi) is 5.17. The number of anilines is 2. The van der Waals surface area contributed by atoms with Gasteiger partial charge in [0.15, 0.2) is 0 Å². The Morgan fingerprint density at radius 2 is 1.58 bits per heavy atom. The molecule has 0 aliphatic heterocycles. The lowest BCUT2D eigenvalue weighted by Crippen LogP contribution is -2.26. The summed E-state index contributed by atoms with van der Waals surface area (Å²) >= 11 is 0. The fraction of sp³-hybridized carbons (Fsp3) is 0.105. The highest BCUT2D eigenvalue weighted by Crippen LogP contribution is 2.21. The third-order valence-corrected chi connectivity index (χ3v) is 3.76. The van der Waals surface area contributed by atoms with E-state index in [1.54, 1.807) is 0 Å². The summed E-state index contributed by atoms with van der Waals surface area (Å²) in [6, 6.07) is 12.8. The van der Waals surface area contributed by atoms with Crippen molar-refractivity contribution in [3.8, 4) is 0 Å². The van der Waals surface area contributed by atoms with Crippen molar-refractivity contribution in [1.82, 2.24) is 15.3 Å². The highest BCUT2D eigenvalue weighted by molar-refractivity contribution is 5.93. The van der Waals surface area contributed by atoms with Crippen LogP contribution in [0.4, 0.5) is 20.4 Å². The molecular formula is C19H16F2N4O. The first-order valence-electron chi connectivity index (χ1n) is 7.93. The Labute approximate surface area is 149 Å². The Morgan fingerprint density at radius 1 is 0.962 bits per heavy atom. The molecule has 3 rings (SSSR count). The van der Waals surface area contributed by atoms with Gasteiger partial charge in [-0.25, -0.2) is 18.7 Å². The molecule has 3 aromatic rings. The Balaban J connectivity index is 1.68. The first-order valence-corrected chi connectivity index (χ1v) is 7.93. The molecule has 0 spiro atoms. The normalized spacial score (nSPS) is 11.7. The van der Waals surface area contributed by atoms with Gasteiger partial charge in [0.1, 0.15) is 17.3 Å². The molecule has 0 saturated carbocycles. The van der Waals surface area contributed by atoms with Crippen LogP contribution in [0, 0.1) is 11.6 Å². The highest BCUT2D eigenvalue weighted by atomic mass is 19.1. The third-order valence-electron chi connectivity index (χ3n) is 3.76. The smallest absolute Gasteiger partial charge is 0.254 e. The topological polar surface area (TPSA) is 66.9 Å². The van der Waals surface area contributed by atoms with Gasteiger partial charge in [-0.2, -0.15) is 0 Å². The molecule has 1 heterocycles. The fourth-order valence-electron chi connectivity index (χ4n) is 2.34. The van der Waals surface area contributed by atoms with Gasteiger partial charge in [-0.05, 0) is 24.6 Å². The summed E-state index contributed by atoms with van der Waals surface area (Å²) in [6.45, 7) is 1.87. The molecule has 0 fully saturated rings. The summed E-state index contributed by atoms with van der Waals surface area (Å²) in [5.74, 6) is -1.87. The van der Waals surface area contributed by atoms with Crippen molar-refractivity contribution in [3.05, 3.63) is 83.7 Å². The third kappa shape index (κ3) is 4.00. The van der Waals surface area contributed by atoms with E-state index in [-0.39, 0.29) is 29.1 Å². The van der Waals surface area contributed by atoms with E-state index in [2.05, 4.69) is 20.6 Å². The van der Waals surface area contributed by atoms with Gasteiger partial charge in [-0.1, -0.05) is 36.4 Å². The van der Waals surface area contributed by atoms with E-state index >= 15 is 0 Å². The summed E-state index contributed by atoms with van der Waals surface area (Å²) in [5, 5.41) is 5.31. The van der Waals surface area contributed by atoms with Gasteiger partial charge in [0.05, 0.1) is 11.6 Å². The number of carbonyl (C=O) groups excluding carboxylic acids is 1. The van der Waals surface area contributed by atoms with Gasteiger partial charge in [0, 0.05) is 12.4 Å². The maximum absolute atomic E-state index is 13.6. The summed E-state index contributed by atoms with van der Waals surface area (Å²) < 4.78 is 27.3. The van der Waals surface area contributed by atoms with Gasteiger partial charge < -0.3 is 10.6 Å². The fourth-order valence-corrected chi connectivity index (χ4v) is 2.34. The molecule has 2 N–H and O–H groups in total. The van der Waals surface area contributed by atoms with Gasteiger partial charge in [-0.15, -0.1) is 0 Å². The highest BCUT2D eigenvalue weighted by Gasteiger charge is 2.13. The zero-order valence-electron chi connectivity index (χ0n) is 13.9. The monoisotopic (exact) mass is 354 g/mol. The SMILES string of the molecule is CC(NC(=O)c1cnc(Nc2c(F)cccc2F)nc1)c1ccccc1. The van der Waals surface area contributed by atoms with E-state index in [0.717, 1.165) is 17.7 Å². The van der Waals surface area contributed by atoms with Crippen LogP contribution in [0.3, 0.4) is 0 Å². The van der Waals surface area contributed by atoms with E-state index < -0.39 is 11.6 Å². The molecule has 2 aromatic carbocycles. The number of hydrogen-bond donors (Lipinski definition) is 2. The molecule has 1 atom stereocenters. The summed E-state index contributed by atoms with van der Waals surface area (Å²) in [6.07, 6.45) is 2.59. The van der Waals surface area contributed by atoms with E-state index in [1.165, 1.54) is 18.5 Å². The minimum Gasteiger partial charge on any atom is -0.345 e. The van der Waals surface area contributed by atoms with Crippen LogP contribution in [0.1, 0.15) is 28.9 Å². The van der Waals surface area contributed by atoms with Crippen molar-refractivity contribution < 1.29 is 13.6 Å². The largest absolute Gasteiger partial charge is 0.345 e. The molecule has 0 aliphatic rings. The first-order chi connectivity index (χ1) is 12.5. The zero-order chi connectivity index (χ0) is 18.5. The van der Waals surface area contributed by atoms with Gasteiger partial charge >= 0.3 is 0 Å². The number of rotatable bonds is 5. The van der Waals surface area contributed by atoms with Gasteiger partial charge in [0.25, 0.3) is 5.91 Å². The molecule has 0 radical (unpaired) electrons. The second kappa shape index (κ2) is 7.69. The van der Waals surface area contributed by atoms with Crippen molar-refractivity contribution in [1.29, 1.82) is 0 Å². The van der Waals surface area contributed by atoms with Crippen molar-refractivity contribution in [2.75, 3.05) is 5.32 Å². The lowest BCUT2D eigenvalue weighted by molar-refractivity contribution is 0.0939. The zero-order valence-corrected chi connectivity index (χ0v) is 13.9. The summed E-state index contributed by atoms with van der Waals surface area (Å²) in [5.41, 5.74) is 0.866. The number of nitrogens with zero attached hydrogens (tertiary/aromatic N) is 2. The number of para-hydroxylation sites is 1. The number of amides is 1. The van der Waals surface area contributed by atoms with Crippen LogP contribution in [0.15, 0.2) is 60.9 Å². The lowest BCUT2D eigenvalue weighted by atomic mass is 10.1. The molecule has 7 heteroatoms. The average molecular weight is 354 g/mol.